The summed E-state index contributed by atoms with van der Waals surface area (Å²) < 4.78 is 5.81. The number of likely N-dealkylation sites (N-methyl/N-ethyl adjacent to an activating group) is 1. The Morgan fingerprint density at radius 2 is 1.75 bits per heavy atom. The Kier molecular flexibility index (Phi) is 14.0. The van der Waals surface area contributed by atoms with Crippen LogP contribution in [-0.2, 0) is 35.1 Å². The minimum absolute atomic E-state index is 0.0977. The number of rotatable bonds is 16. The first kappa shape index (κ1) is 41.2. The number of anilines is 1. The fourth-order valence-electron chi connectivity index (χ4n) is 7.31. The van der Waals surface area contributed by atoms with Gasteiger partial charge in [-0.25, -0.2) is 5.43 Å². The van der Waals surface area contributed by atoms with Crippen LogP contribution in [0.2, 0.25) is 0 Å². The number of amides is 4. The molecular weight excluding hydrogens is 672 g/mol. The summed E-state index contributed by atoms with van der Waals surface area (Å²) in [4.78, 5) is 70.6. The lowest BCUT2D eigenvalue weighted by atomic mass is 9.86. The van der Waals surface area contributed by atoms with Crippen LogP contribution in [-0.4, -0.2) is 108 Å². The Balaban J connectivity index is 1.63. The molecule has 0 saturated carbocycles. The highest BCUT2D eigenvalue weighted by Crippen LogP contribution is 2.33. The van der Waals surface area contributed by atoms with Gasteiger partial charge in [0.15, 0.2) is 0 Å². The predicted molar refractivity (Wildman–Crippen MR) is 207 cm³/mol. The van der Waals surface area contributed by atoms with Crippen LogP contribution in [0.3, 0.4) is 0 Å². The molecule has 2 saturated heterocycles. The van der Waals surface area contributed by atoms with Crippen molar-refractivity contribution in [3.8, 4) is 11.1 Å². The lowest BCUT2D eigenvalue weighted by Crippen LogP contribution is -2.66. The molecule has 0 aromatic heterocycles. The number of likely N-dealkylation sites (tertiary alicyclic amines) is 1. The van der Waals surface area contributed by atoms with Crippen molar-refractivity contribution in [2.45, 2.75) is 91.0 Å². The van der Waals surface area contributed by atoms with E-state index in [0.29, 0.717) is 32.4 Å². The Bertz CT molecular complexity index is 1630. The van der Waals surface area contributed by atoms with Crippen molar-refractivity contribution >= 4 is 35.6 Å². The average Bonchev–Trinajstić information content (AvgIpc) is 3.56. The van der Waals surface area contributed by atoms with Gasteiger partial charge < -0.3 is 30.0 Å². The van der Waals surface area contributed by atoms with Crippen LogP contribution in [0.1, 0.15) is 66.4 Å². The molecule has 2 aliphatic heterocycles. The Morgan fingerprint density at radius 3 is 2.38 bits per heavy atom. The van der Waals surface area contributed by atoms with Crippen molar-refractivity contribution in [3.05, 3.63) is 66.7 Å². The molecule has 0 radical (unpaired) electrons. The first-order chi connectivity index (χ1) is 25.2. The van der Waals surface area contributed by atoms with E-state index in [4.69, 9.17) is 4.74 Å². The number of ether oxygens (including phenoxy) is 1. The first-order valence-electron chi connectivity index (χ1n) is 18.7. The topological polar surface area (TPSA) is 140 Å². The number of nitrogens with zero attached hydrogens (tertiary/aromatic N) is 3. The van der Waals surface area contributed by atoms with Crippen LogP contribution in [0, 0.1) is 11.3 Å². The summed E-state index contributed by atoms with van der Waals surface area (Å²) in [6.45, 7) is 16.8. The van der Waals surface area contributed by atoms with Crippen molar-refractivity contribution in [2.24, 2.45) is 11.3 Å². The van der Waals surface area contributed by atoms with E-state index in [0.717, 1.165) is 35.2 Å². The zero-order valence-corrected chi connectivity index (χ0v) is 32.4. The number of carbonyl (C=O) groups is 5. The maximum Gasteiger partial charge on any atom is 0.259 e. The molecule has 2 unspecified atom stereocenters. The average molecular weight is 731 g/mol. The highest BCUT2D eigenvalue weighted by atomic mass is 16.5. The highest BCUT2D eigenvalue weighted by molar-refractivity contribution is 5.94. The predicted octanol–water partition coefficient (Wildman–Crippen LogP) is 4.21. The van der Waals surface area contributed by atoms with E-state index in [2.05, 4.69) is 22.6 Å². The summed E-state index contributed by atoms with van der Waals surface area (Å²) in [7, 11) is 1.61. The quantitative estimate of drug-likeness (QED) is 0.173. The van der Waals surface area contributed by atoms with Gasteiger partial charge in [0.05, 0.1) is 18.1 Å². The molecule has 288 valence electrons. The van der Waals surface area contributed by atoms with E-state index in [1.165, 1.54) is 16.0 Å². The fraction of sp³-hybridized carbons (Fsp3) is 0.537. The molecule has 0 bridgehead atoms. The maximum atomic E-state index is 14.5. The van der Waals surface area contributed by atoms with Gasteiger partial charge in [-0.3, -0.25) is 24.2 Å². The van der Waals surface area contributed by atoms with E-state index in [1.54, 1.807) is 11.9 Å². The summed E-state index contributed by atoms with van der Waals surface area (Å²) in [5.74, 6) is -1.65. The largest absolute Gasteiger partial charge is 0.385 e. The van der Waals surface area contributed by atoms with Gasteiger partial charge in [0.2, 0.25) is 17.7 Å². The molecule has 53 heavy (non-hydrogen) atoms. The van der Waals surface area contributed by atoms with Gasteiger partial charge in [-0.2, -0.15) is 0 Å². The third kappa shape index (κ3) is 10.1. The standard InChI is InChI=1S/C41H58N6O6/c1-9-35(49)46-22-20-40(7,25-46)39(52)45(8)36(28(3)4)37(50)43-34(38(51)47-21-12-19-41(26-48,44-47)27-53-29(5)6)24-30-13-11-14-32(23-30)31-15-17-33(18-16-31)42-10-2/h9,11,13-18,23,26,28-29,34,36,42,44H,1,10,12,19-22,24-25,27H2,2-8H3,(H,43,50)/t34-,36-,40?,41?/m0/s1. The van der Waals surface area contributed by atoms with Gasteiger partial charge in [-0.05, 0) is 87.8 Å². The summed E-state index contributed by atoms with van der Waals surface area (Å²) in [5, 5.41) is 7.76. The number of aldehydes is 1. The minimum atomic E-state index is -1.09. The van der Waals surface area contributed by atoms with Crippen LogP contribution >= 0.6 is 0 Å². The highest BCUT2D eigenvalue weighted by Gasteiger charge is 2.46. The second-order valence-electron chi connectivity index (χ2n) is 15.3. The van der Waals surface area contributed by atoms with Gasteiger partial charge in [0.25, 0.3) is 5.91 Å². The maximum absolute atomic E-state index is 14.5. The third-order valence-electron chi connectivity index (χ3n) is 10.2. The molecule has 0 spiro atoms. The zero-order chi connectivity index (χ0) is 38.9. The lowest BCUT2D eigenvalue weighted by Gasteiger charge is -2.42. The number of benzene rings is 2. The van der Waals surface area contributed by atoms with Crippen molar-refractivity contribution in [2.75, 3.05) is 45.2 Å². The summed E-state index contributed by atoms with van der Waals surface area (Å²) in [6, 6.07) is 14.1. The molecular formula is C41H58N6O6. The second kappa shape index (κ2) is 18.0. The number of nitrogens with one attached hydrogen (secondary N) is 3. The SMILES string of the molecule is C=CC(=O)N1CCC(C)(C(=O)N(C)[C@H](C(=O)N[C@@H](Cc2cccc(-c3ccc(NCC)cc3)c2)C(=O)N2CCCC(C=O)(COC(C)C)N2)C(C)C)C1. The molecule has 4 atom stereocenters. The van der Waals surface area contributed by atoms with E-state index in [1.807, 2.05) is 90.1 Å². The smallest absolute Gasteiger partial charge is 0.259 e. The molecule has 0 aliphatic carbocycles. The monoisotopic (exact) mass is 730 g/mol. The van der Waals surface area contributed by atoms with Crippen LogP contribution in [0.5, 0.6) is 0 Å². The van der Waals surface area contributed by atoms with Crippen molar-refractivity contribution < 1.29 is 28.7 Å². The molecule has 2 fully saturated rings. The molecule has 12 heteroatoms. The van der Waals surface area contributed by atoms with E-state index in [9.17, 15) is 24.0 Å². The van der Waals surface area contributed by atoms with E-state index < -0.39 is 34.9 Å². The number of hydrogen-bond acceptors (Lipinski definition) is 8. The molecule has 3 N–H and O–H groups in total. The second-order valence-corrected chi connectivity index (χ2v) is 15.3. The van der Waals surface area contributed by atoms with Gasteiger partial charge in [-0.1, -0.05) is 56.8 Å². The van der Waals surface area contributed by atoms with Gasteiger partial charge in [-0.15, -0.1) is 0 Å². The molecule has 12 nitrogen and oxygen atoms in total. The summed E-state index contributed by atoms with van der Waals surface area (Å²) in [5.41, 5.74) is 5.00. The van der Waals surface area contributed by atoms with Gasteiger partial charge >= 0.3 is 0 Å². The van der Waals surface area contributed by atoms with E-state index >= 15 is 0 Å². The Labute approximate surface area is 314 Å². The van der Waals surface area contributed by atoms with Gasteiger partial charge in [0, 0.05) is 45.3 Å². The number of carbonyl (C=O) groups excluding carboxylic acids is 5. The third-order valence-corrected chi connectivity index (χ3v) is 10.2. The van der Waals surface area contributed by atoms with E-state index in [-0.39, 0.29) is 43.4 Å². The normalized spacial score (nSPS) is 21.2. The van der Waals surface area contributed by atoms with Crippen LogP contribution in [0.25, 0.3) is 11.1 Å². The Hall–Kier alpha value is -4.55. The first-order valence-corrected chi connectivity index (χ1v) is 18.7. The van der Waals surface area contributed by atoms with Crippen molar-refractivity contribution in [1.82, 2.24) is 25.6 Å². The number of hydrogen-bond donors (Lipinski definition) is 3. The fourth-order valence-corrected chi connectivity index (χ4v) is 7.31. The van der Waals surface area contributed by atoms with Crippen molar-refractivity contribution in [1.29, 1.82) is 0 Å². The molecule has 2 aromatic carbocycles. The Morgan fingerprint density at radius 1 is 1.04 bits per heavy atom. The van der Waals surface area contributed by atoms with Crippen LogP contribution in [0.4, 0.5) is 5.69 Å². The van der Waals surface area contributed by atoms with Gasteiger partial charge in [0.1, 0.15) is 23.9 Å². The zero-order valence-electron chi connectivity index (χ0n) is 32.4. The van der Waals surface area contributed by atoms with Crippen LogP contribution in [0.15, 0.2) is 61.2 Å². The molecule has 4 amide bonds. The lowest BCUT2D eigenvalue weighted by molar-refractivity contribution is -0.150. The van der Waals surface area contributed by atoms with Crippen molar-refractivity contribution in [3.63, 3.8) is 0 Å². The molecule has 2 aliphatic rings. The number of hydrazine groups is 1. The van der Waals surface area contributed by atoms with Crippen LogP contribution < -0.4 is 16.1 Å². The summed E-state index contributed by atoms with van der Waals surface area (Å²) >= 11 is 0. The minimum Gasteiger partial charge on any atom is -0.385 e. The summed E-state index contributed by atoms with van der Waals surface area (Å²) in [6.07, 6.45) is 3.62. The molecule has 4 rings (SSSR count). The molecule has 2 aromatic rings. The molecule has 2 heterocycles.